The van der Waals surface area contributed by atoms with Gasteiger partial charge < -0.3 is 20.4 Å². The van der Waals surface area contributed by atoms with Crippen molar-refractivity contribution in [1.82, 2.24) is 4.98 Å². The number of nitrogens with zero attached hydrogens (tertiary/aromatic N) is 1. The maximum Gasteiger partial charge on any atom is 0.317 e. The van der Waals surface area contributed by atoms with E-state index in [0.29, 0.717) is 4.34 Å². The van der Waals surface area contributed by atoms with Crippen LogP contribution in [0.2, 0.25) is 0 Å². The van der Waals surface area contributed by atoms with E-state index in [2.05, 4.69) is 4.98 Å². The highest BCUT2D eigenvalue weighted by molar-refractivity contribution is 8.02. The van der Waals surface area contributed by atoms with Gasteiger partial charge in [0.25, 0.3) is 0 Å². The molecule has 9 nitrogen and oxygen atoms in total. The van der Waals surface area contributed by atoms with E-state index in [-0.39, 0.29) is 12.8 Å². The van der Waals surface area contributed by atoms with Crippen LogP contribution in [0, 0.1) is 0 Å². The first-order chi connectivity index (χ1) is 12.2. The Balaban J connectivity index is 0.000000359. The zero-order valence-corrected chi connectivity index (χ0v) is 14.8. The molecule has 0 bridgehead atoms. The van der Waals surface area contributed by atoms with Crippen LogP contribution >= 0.6 is 23.1 Å². The highest BCUT2D eigenvalue weighted by atomic mass is 32.2. The summed E-state index contributed by atoms with van der Waals surface area (Å²) < 4.78 is 1.53. The van der Waals surface area contributed by atoms with Crippen LogP contribution in [0.15, 0.2) is 28.6 Å². The van der Waals surface area contributed by atoms with Crippen molar-refractivity contribution in [3.63, 3.8) is 0 Å². The molecule has 1 unspecified atom stereocenters. The summed E-state index contributed by atoms with van der Waals surface area (Å²) in [5.41, 5.74) is 0.796. The van der Waals surface area contributed by atoms with Gasteiger partial charge in [-0.3, -0.25) is 19.2 Å². The number of aliphatic carboxylic acids is 4. The predicted molar refractivity (Wildman–Crippen MR) is 93.7 cm³/mol. The number of thioether (sulfide) groups is 1. The van der Waals surface area contributed by atoms with E-state index in [1.54, 1.807) is 0 Å². The monoisotopic (exact) mass is 401 g/mol. The molecule has 0 saturated heterocycles. The topological polar surface area (TPSA) is 162 Å². The maximum atomic E-state index is 10.9. The Labute approximate surface area is 155 Å². The minimum absolute atomic E-state index is 0.296. The highest BCUT2D eigenvalue weighted by Gasteiger charge is 2.23. The van der Waals surface area contributed by atoms with Crippen LogP contribution in [-0.4, -0.2) is 54.5 Å². The van der Waals surface area contributed by atoms with Gasteiger partial charge in [-0.1, -0.05) is 23.9 Å². The first-order valence-electron chi connectivity index (χ1n) is 7.09. The molecule has 4 N–H and O–H groups in total. The van der Waals surface area contributed by atoms with E-state index >= 15 is 0 Å². The smallest absolute Gasteiger partial charge is 0.317 e. The van der Waals surface area contributed by atoms with E-state index in [0.717, 1.165) is 22.0 Å². The SMILES string of the molecule is O=C(O)CC(Sc1nc2ccccc2s1)C(=O)O.O=C(O)CCC(=O)O. The third kappa shape index (κ3) is 7.94. The van der Waals surface area contributed by atoms with Crippen LogP contribution in [0.25, 0.3) is 10.2 Å². The number of aromatic nitrogens is 1. The Hall–Kier alpha value is -2.66. The number of para-hydroxylation sites is 1. The van der Waals surface area contributed by atoms with Gasteiger partial charge in [0.15, 0.2) is 4.34 Å². The lowest BCUT2D eigenvalue weighted by Crippen LogP contribution is -2.20. The number of carboxylic acid groups (broad SMARTS) is 4. The molecule has 11 heteroatoms. The summed E-state index contributed by atoms with van der Waals surface area (Å²) in [6.07, 6.45) is -1.01. The zero-order valence-electron chi connectivity index (χ0n) is 13.2. The molecular formula is C15H15NO8S2. The summed E-state index contributed by atoms with van der Waals surface area (Å²) in [4.78, 5) is 45.1. The number of benzene rings is 1. The Kier molecular flexibility index (Phi) is 8.52. The van der Waals surface area contributed by atoms with Crippen LogP contribution in [0.1, 0.15) is 19.3 Å². The molecule has 0 aliphatic rings. The third-order valence-electron chi connectivity index (χ3n) is 2.71. The molecule has 26 heavy (non-hydrogen) atoms. The summed E-state index contributed by atoms with van der Waals surface area (Å²) in [6, 6.07) is 7.45. The molecule has 0 fully saturated rings. The number of carboxylic acids is 4. The fourth-order valence-electron chi connectivity index (χ4n) is 1.58. The van der Waals surface area contributed by atoms with Gasteiger partial charge in [-0.25, -0.2) is 4.98 Å². The van der Waals surface area contributed by atoms with Gasteiger partial charge in [0.2, 0.25) is 0 Å². The summed E-state index contributed by atoms with van der Waals surface area (Å²) in [5.74, 6) is -4.42. The molecule has 0 aliphatic carbocycles. The Morgan fingerprint density at radius 2 is 1.54 bits per heavy atom. The van der Waals surface area contributed by atoms with Crippen LogP contribution in [0.4, 0.5) is 0 Å². The maximum absolute atomic E-state index is 10.9. The van der Waals surface area contributed by atoms with Crippen molar-refractivity contribution < 1.29 is 39.6 Å². The summed E-state index contributed by atoms with van der Waals surface area (Å²) >= 11 is 2.34. The Morgan fingerprint density at radius 3 is 2.00 bits per heavy atom. The number of fused-ring (bicyclic) bond motifs is 1. The van der Waals surface area contributed by atoms with E-state index in [1.165, 1.54) is 11.3 Å². The molecule has 2 aromatic rings. The second-order valence-electron chi connectivity index (χ2n) is 4.78. The lowest BCUT2D eigenvalue weighted by atomic mass is 10.3. The molecule has 140 valence electrons. The van der Waals surface area contributed by atoms with Gasteiger partial charge in [-0.15, -0.1) is 11.3 Å². The van der Waals surface area contributed by atoms with Gasteiger partial charge in [0.05, 0.1) is 29.5 Å². The summed E-state index contributed by atoms with van der Waals surface area (Å²) in [7, 11) is 0. The van der Waals surface area contributed by atoms with Crippen molar-refractivity contribution in [2.24, 2.45) is 0 Å². The largest absolute Gasteiger partial charge is 0.481 e. The molecule has 2 rings (SSSR count). The molecule has 1 heterocycles. The van der Waals surface area contributed by atoms with Crippen LogP contribution in [-0.2, 0) is 19.2 Å². The molecule has 0 aliphatic heterocycles. The zero-order chi connectivity index (χ0) is 19.7. The number of carbonyl (C=O) groups is 4. The van der Waals surface area contributed by atoms with Crippen molar-refractivity contribution in [3.05, 3.63) is 24.3 Å². The molecule has 1 aromatic heterocycles. The Bertz CT molecular complexity index is 757. The first-order valence-corrected chi connectivity index (χ1v) is 8.79. The average molecular weight is 401 g/mol. The first kappa shape index (κ1) is 21.4. The van der Waals surface area contributed by atoms with Gasteiger partial charge in [0, 0.05) is 0 Å². The number of hydrogen-bond donors (Lipinski definition) is 4. The van der Waals surface area contributed by atoms with Gasteiger partial charge in [-0.05, 0) is 12.1 Å². The fourth-order valence-corrected chi connectivity index (χ4v) is 3.80. The standard InChI is InChI=1S/C11H9NO4S2.C4H6O4/c13-9(14)5-8(10(15)16)18-11-12-6-3-1-2-4-7(6)17-11;5-3(6)1-2-4(7)8/h1-4,8H,5H2,(H,13,14)(H,15,16);1-2H2,(H,5,6)(H,7,8). The second-order valence-corrected chi connectivity index (χ2v) is 7.26. The number of rotatable bonds is 8. The Morgan fingerprint density at radius 1 is 0.962 bits per heavy atom. The van der Waals surface area contributed by atoms with Crippen LogP contribution in [0.3, 0.4) is 0 Å². The van der Waals surface area contributed by atoms with Crippen LogP contribution in [0.5, 0.6) is 0 Å². The van der Waals surface area contributed by atoms with E-state index in [9.17, 15) is 19.2 Å². The van der Waals surface area contributed by atoms with Gasteiger partial charge in [-0.2, -0.15) is 0 Å². The summed E-state index contributed by atoms with van der Waals surface area (Å²) in [6.45, 7) is 0. The molecule has 0 saturated carbocycles. The fraction of sp³-hybridized carbons (Fsp3) is 0.267. The van der Waals surface area contributed by atoms with Gasteiger partial charge in [0.1, 0.15) is 5.25 Å². The quantitative estimate of drug-likeness (QED) is 0.482. The minimum Gasteiger partial charge on any atom is -0.481 e. The number of thiazole rings is 1. The van der Waals surface area contributed by atoms with Gasteiger partial charge >= 0.3 is 23.9 Å². The highest BCUT2D eigenvalue weighted by Crippen LogP contribution is 2.33. The third-order valence-corrected chi connectivity index (χ3v) is 5.02. The minimum atomic E-state index is -1.14. The van der Waals surface area contributed by atoms with E-state index in [1.807, 2.05) is 24.3 Å². The van der Waals surface area contributed by atoms with Crippen molar-refractivity contribution in [2.75, 3.05) is 0 Å². The van der Waals surface area contributed by atoms with E-state index < -0.39 is 35.5 Å². The second kappa shape index (κ2) is 10.4. The number of hydrogen-bond acceptors (Lipinski definition) is 7. The molecule has 1 aromatic carbocycles. The van der Waals surface area contributed by atoms with Crippen molar-refractivity contribution in [1.29, 1.82) is 0 Å². The molecule has 1 atom stereocenters. The average Bonchev–Trinajstić information content (AvgIpc) is 2.94. The van der Waals surface area contributed by atoms with Crippen molar-refractivity contribution in [3.8, 4) is 0 Å². The van der Waals surface area contributed by atoms with Crippen molar-refractivity contribution in [2.45, 2.75) is 28.9 Å². The lowest BCUT2D eigenvalue weighted by molar-refractivity contribution is -0.143. The molecule has 0 radical (unpaired) electrons. The van der Waals surface area contributed by atoms with E-state index in [4.69, 9.17) is 20.4 Å². The van der Waals surface area contributed by atoms with Crippen LogP contribution < -0.4 is 0 Å². The molecule has 0 spiro atoms. The molecule has 0 amide bonds. The predicted octanol–water partition coefficient (Wildman–Crippen LogP) is 2.25. The van der Waals surface area contributed by atoms with Crippen molar-refractivity contribution >= 4 is 57.2 Å². The summed E-state index contributed by atoms with van der Waals surface area (Å²) in [5, 5.41) is 32.4. The molecular weight excluding hydrogens is 386 g/mol. The lowest BCUT2D eigenvalue weighted by Gasteiger charge is -2.06. The normalized spacial score (nSPS) is 11.2.